The summed E-state index contributed by atoms with van der Waals surface area (Å²) in [4.78, 5) is 13.1. The van der Waals surface area contributed by atoms with Gasteiger partial charge in [-0.2, -0.15) is 0 Å². The van der Waals surface area contributed by atoms with Gasteiger partial charge in [0.1, 0.15) is 11.3 Å². The van der Waals surface area contributed by atoms with E-state index < -0.39 is 5.97 Å². The standard InChI is InChI=1S/C7H6O3.C4H5N/c8-6-4-2-1-3-5(6)7(9)10;1-2-4-5-3-1/h1-4,8H,(H,9,10);1-5H. The SMILES string of the molecule is O=C(O)c1ccccc1O.c1cc[nH]c1. The molecule has 0 amide bonds. The molecule has 0 saturated heterocycles. The minimum atomic E-state index is -1.11. The first-order valence-electron chi connectivity index (χ1n) is 4.31. The average molecular weight is 205 g/mol. The Labute approximate surface area is 86.8 Å². The minimum Gasteiger partial charge on any atom is -0.507 e. The second-order valence-electron chi connectivity index (χ2n) is 2.71. The van der Waals surface area contributed by atoms with Crippen LogP contribution in [0.25, 0.3) is 0 Å². The number of para-hydroxylation sites is 1. The number of aromatic carboxylic acids is 1. The molecule has 0 atom stereocenters. The highest BCUT2D eigenvalue weighted by molar-refractivity contribution is 5.90. The number of aromatic amines is 1. The van der Waals surface area contributed by atoms with E-state index in [0.29, 0.717) is 0 Å². The number of aromatic hydroxyl groups is 1. The van der Waals surface area contributed by atoms with Crippen molar-refractivity contribution in [1.29, 1.82) is 0 Å². The van der Waals surface area contributed by atoms with Crippen molar-refractivity contribution in [3.63, 3.8) is 0 Å². The predicted octanol–water partition coefficient (Wildman–Crippen LogP) is 2.11. The molecule has 78 valence electrons. The lowest BCUT2D eigenvalue weighted by molar-refractivity contribution is 0.0694. The molecule has 0 radical (unpaired) electrons. The van der Waals surface area contributed by atoms with Crippen LogP contribution in [-0.2, 0) is 0 Å². The maximum Gasteiger partial charge on any atom is 0.339 e. The molecule has 0 spiro atoms. The van der Waals surface area contributed by atoms with Crippen LogP contribution in [-0.4, -0.2) is 21.2 Å². The fourth-order valence-corrected chi connectivity index (χ4v) is 0.932. The van der Waals surface area contributed by atoms with E-state index in [0.717, 1.165) is 0 Å². The van der Waals surface area contributed by atoms with Gasteiger partial charge in [-0.1, -0.05) is 12.1 Å². The quantitative estimate of drug-likeness (QED) is 0.667. The van der Waals surface area contributed by atoms with Gasteiger partial charge < -0.3 is 15.2 Å². The van der Waals surface area contributed by atoms with Gasteiger partial charge in [0.2, 0.25) is 0 Å². The first kappa shape index (κ1) is 10.8. The Morgan fingerprint density at radius 1 is 1.07 bits per heavy atom. The molecule has 15 heavy (non-hydrogen) atoms. The molecule has 3 N–H and O–H groups in total. The van der Waals surface area contributed by atoms with Crippen molar-refractivity contribution in [2.45, 2.75) is 0 Å². The van der Waals surface area contributed by atoms with Gasteiger partial charge >= 0.3 is 5.97 Å². The molecule has 0 aliphatic carbocycles. The van der Waals surface area contributed by atoms with Crippen LogP contribution in [0.5, 0.6) is 5.75 Å². The van der Waals surface area contributed by atoms with Crippen LogP contribution in [0.15, 0.2) is 48.8 Å². The predicted molar refractivity (Wildman–Crippen MR) is 55.9 cm³/mol. The lowest BCUT2D eigenvalue weighted by atomic mass is 10.2. The Hall–Kier alpha value is -2.23. The molecular formula is C11H11NO3. The monoisotopic (exact) mass is 205 g/mol. The fraction of sp³-hybridized carbons (Fsp3) is 0. The summed E-state index contributed by atoms with van der Waals surface area (Å²) in [6.07, 6.45) is 3.75. The number of carbonyl (C=O) groups is 1. The fourth-order valence-electron chi connectivity index (χ4n) is 0.932. The molecule has 1 heterocycles. The lowest BCUT2D eigenvalue weighted by Crippen LogP contribution is -1.95. The van der Waals surface area contributed by atoms with E-state index in [-0.39, 0.29) is 11.3 Å². The number of benzene rings is 1. The van der Waals surface area contributed by atoms with Crippen LogP contribution < -0.4 is 0 Å². The molecule has 2 aromatic rings. The van der Waals surface area contributed by atoms with Crippen LogP contribution >= 0.6 is 0 Å². The minimum absolute atomic E-state index is 0.0671. The Morgan fingerprint density at radius 3 is 2.00 bits per heavy atom. The number of rotatable bonds is 1. The van der Waals surface area contributed by atoms with Gasteiger partial charge in [0.25, 0.3) is 0 Å². The maximum atomic E-state index is 10.3. The lowest BCUT2D eigenvalue weighted by Gasteiger charge is -1.95. The normalized spacial score (nSPS) is 8.80. The third kappa shape index (κ3) is 3.56. The molecule has 0 aliphatic heterocycles. The van der Waals surface area contributed by atoms with E-state index >= 15 is 0 Å². The zero-order valence-corrected chi connectivity index (χ0v) is 7.92. The highest BCUT2D eigenvalue weighted by Crippen LogP contribution is 2.14. The van der Waals surface area contributed by atoms with E-state index in [9.17, 15) is 4.79 Å². The summed E-state index contributed by atoms with van der Waals surface area (Å²) >= 11 is 0. The molecule has 0 bridgehead atoms. The Kier molecular flexibility index (Phi) is 3.97. The van der Waals surface area contributed by atoms with Gasteiger partial charge in [0, 0.05) is 12.4 Å². The molecule has 1 aromatic heterocycles. The van der Waals surface area contributed by atoms with Crippen LogP contribution in [0, 0.1) is 0 Å². The third-order valence-electron chi connectivity index (χ3n) is 1.63. The second-order valence-corrected chi connectivity index (χ2v) is 2.71. The van der Waals surface area contributed by atoms with Crippen LogP contribution in [0.4, 0.5) is 0 Å². The molecule has 0 fully saturated rings. The highest BCUT2D eigenvalue weighted by Gasteiger charge is 2.05. The highest BCUT2D eigenvalue weighted by atomic mass is 16.4. The van der Waals surface area contributed by atoms with Crippen molar-refractivity contribution in [3.05, 3.63) is 54.4 Å². The zero-order chi connectivity index (χ0) is 11.1. The van der Waals surface area contributed by atoms with Crippen molar-refractivity contribution in [2.24, 2.45) is 0 Å². The molecule has 1 aromatic carbocycles. The molecular weight excluding hydrogens is 194 g/mol. The molecule has 4 heteroatoms. The van der Waals surface area contributed by atoms with E-state index in [1.807, 2.05) is 24.5 Å². The smallest absolute Gasteiger partial charge is 0.339 e. The average Bonchev–Trinajstić information content (AvgIpc) is 2.75. The van der Waals surface area contributed by atoms with Crippen LogP contribution in [0.3, 0.4) is 0 Å². The van der Waals surface area contributed by atoms with Gasteiger partial charge in [0.05, 0.1) is 0 Å². The number of hydrogen-bond acceptors (Lipinski definition) is 2. The number of hydrogen-bond donors (Lipinski definition) is 3. The second kappa shape index (κ2) is 5.49. The number of phenols is 1. The summed E-state index contributed by atoms with van der Waals surface area (Å²) in [6, 6.07) is 9.70. The van der Waals surface area contributed by atoms with Crippen molar-refractivity contribution in [2.75, 3.05) is 0 Å². The third-order valence-corrected chi connectivity index (χ3v) is 1.63. The number of carboxylic acid groups (broad SMARTS) is 1. The number of aromatic nitrogens is 1. The zero-order valence-electron chi connectivity index (χ0n) is 7.92. The molecule has 0 aliphatic rings. The summed E-state index contributed by atoms with van der Waals surface area (Å²) in [5, 5.41) is 17.3. The van der Waals surface area contributed by atoms with Crippen molar-refractivity contribution in [1.82, 2.24) is 4.98 Å². The molecule has 0 unspecified atom stereocenters. The van der Waals surface area contributed by atoms with Crippen LogP contribution in [0.2, 0.25) is 0 Å². The van der Waals surface area contributed by atoms with Crippen molar-refractivity contribution in [3.8, 4) is 5.75 Å². The van der Waals surface area contributed by atoms with E-state index in [1.165, 1.54) is 12.1 Å². The first-order chi connectivity index (χ1) is 7.22. The molecule has 4 nitrogen and oxygen atoms in total. The Bertz CT molecular complexity index is 392. The number of nitrogens with one attached hydrogen (secondary N) is 1. The van der Waals surface area contributed by atoms with Crippen molar-refractivity contribution >= 4 is 5.97 Å². The van der Waals surface area contributed by atoms with Gasteiger partial charge in [-0.15, -0.1) is 0 Å². The number of H-pyrrole nitrogens is 1. The summed E-state index contributed by atoms with van der Waals surface area (Å²) < 4.78 is 0. The van der Waals surface area contributed by atoms with Gasteiger partial charge in [-0.25, -0.2) is 4.79 Å². The Balaban J connectivity index is 0.000000187. The summed E-state index contributed by atoms with van der Waals surface area (Å²) in [7, 11) is 0. The largest absolute Gasteiger partial charge is 0.507 e. The van der Waals surface area contributed by atoms with Crippen molar-refractivity contribution < 1.29 is 15.0 Å². The van der Waals surface area contributed by atoms with Gasteiger partial charge in [-0.05, 0) is 24.3 Å². The van der Waals surface area contributed by atoms with Gasteiger partial charge in [0.15, 0.2) is 0 Å². The first-order valence-corrected chi connectivity index (χ1v) is 4.31. The van der Waals surface area contributed by atoms with E-state index in [2.05, 4.69) is 4.98 Å². The van der Waals surface area contributed by atoms with Crippen LogP contribution in [0.1, 0.15) is 10.4 Å². The number of carboxylic acids is 1. The topological polar surface area (TPSA) is 73.3 Å². The summed E-state index contributed by atoms with van der Waals surface area (Å²) in [5.74, 6) is -1.31. The van der Waals surface area contributed by atoms with E-state index in [4.69, 9.17) is 10.2 Å². The van der Waals surface area contributed by atoms with E-state index in [1.54, 1.807) is 12.1 Å². The summed E-state index contributed by atoms with van der Waals surface area (Å²) in [5.41, 5.74) is -0.0671. The Morgan fingerprint density at radius 2 is 1.67 bits per heavy atom. The molecule has 2 rings (SSSR count). The summed E-state index contributed by atoms with van der Waals surface area (Å²) in [6.45, 7) is 0. The van der Waals surface area contributed by atoms with Gasteiger partial charge in [-0.3, -0.25) is 0 Å². The molecule has 0 saturated carbocycles. The maximum absolute atomic E-state index is 10.3.